The Hall–Kier alpha value is -1.29. The first-order valence-electron chi connectivity index (χ1n) is 7.44. The molecule has 20 heavy (non-hydrogen) atoms. The molecule has 4 heteroatoms. The van der Waals surface area contributed by atoms with Crippen LogP contribution in [0, 0.1) is 0 Å². The summed E-state index contributed by atoms with van der Waals surface area (Å²) in [6, 6.07) is 3.65. The molecule has 0 fully saturated rings. The minimum absolute atomic E-state index is 0.0275. The van der Waals surface area contributed by atoms with Gasteiger partial charge in [-0.05, 0) is 24.5 Å². The molecule has 0 aliphatic heterocycles. The summed E-state index contributed by atoms with van der Waals surface area (Å²) in [4.78, 5) is 12.5. The van der Waals surface area contributed by atoms with Crippen LogP contribution in [0.1, 0.15) is 55.5 Å². The lowest BCUT2D eigenvalue weighted by molar-refractivity contribution is 0.0979. The number of hydrogen-bond donors (Lipinski definition) is 2. The van der Waals surface area contributed by atoms with Crippen LogP contribution in [0.3, 0.4) is 0 Å². The molecule has 1 aromatic rings. The summed E-state index contributed by atoms with van der Waals surface area (Å²) >= 11 is 0. The summed E-state index contributed by atoms with van der Waals surface area (Å²) in [5, 5.41) is 12.0. The van der Waals surface area contributed by atoms with Crippen molar-refractivity contribution in [1.29, 1.82) is 0 Å². The van der Waals surface area contributed by atoms with Crippen LogP contribution in [0.4, 0.5) is 5.69 Å². The molecule has 108 valence electrons. The van der Waals surface area contributed by atoms with Gasteiger partial charge in [-0.25, -0.2) is 0 Å². The number of aryl methyl sites for hydroxylation is 1. The number of carbonyl (C=O) groups is 1. The molecule has 0 amide bonds. The molecule has 0 aliphatic rings. The van der Waals surface area contributed by atoms with Crippen LogP contribution in [-0.2, 0) is 6.42 Å². The van der Waals surface area contributed by atoms with Gasteiger partial charge in [0.2, 0.25) is 0 Å². The summed E-state index contributed by atoms with van der Waals surface area (Å²) in [7, 11) is 5.88. The van der Waals surface area contributed by atoms with Crippen molar-refractivity contribution < 1.29 is 9.90 Å². The molecule has 2 radical (unpaired) electrons. The fourth-order valence-corrected chi connectivity index (χ4v) is 2.33. The van der Waals surface area contributed by atoms with Gasteiger partial charge in [-0.1, -0.05) is 38.2 Å². The van der Waals surface area contributed by atoms with E-state index in [9.17, 15) is 4.79 Å². The Morgan fingerprint density at radius 3 is 2.65 bits per heavy atom. The first-order chi connectivity index (χ1) is 9.63. The van der Waals surface area contributed by atoms with Crippen molar-refractivity contribution >= 4 is 24.8 Å². The highest BCUT2D eigenvalue weighted by Gasteiger charge is 2.15. The Kier molecular flexibility index (Phi) is 7.38. The number of unbranched alkanes of at least 4 members (excludes halogenated alkanes) is 2. The summed E-state index contributed by atoms with van der Waals surface area (Å²) in [6.07, 6.45) is 4.43. The highest BCUT2D eigenvalue weighted by molar-refractivity contribution is 6.33. The SMILES string of the molecule is [B]c1cc(CC)c(C(=O)CCCCC)c(NCCO)c1. The second-order valence-electron chi connectivity index (χ2n) is 4.99. The lowest BCUT2D eigenvalue weighted by Crippen LogP contribution is -2.17. The van der Waals surface area contributed by atoms with Gasteiger partial charge in [0.15, 0.2) is 5.78 Å². The molecular formula is C16H24BNO2. The van der Waals surface area contributed by atoms with E-state index in [4.69, 9.17) is 13.0 Å². The monoisotopic (exact) mass is 273 g/mol. The van der Waals surface area contributed by atoms with E-state index in [-0.39, 0.29) is 12.4 Å². The van der Waals surface area contributed by atoms with Gasteiger partial charge in [0.05, 0.1) is 6.61 Å². The van der Waals surface area contributed by atoms with Crippen LogP contribution < -0.4 is 10.8 Å². The average molecular weight is 273 g/mol. The van der Waals surface area contributed by atoms with Crippen LogP contribution in [0.5, 0.6) is 0 Å². The van der Waals surface area contributed by atoms with Crippen LogP contribution in [0.25, 0.3) is 0 Å². The van der Waals surface area contributed by atoms with E-state index in [0.29, 0.717) is 18.4 Å². The largest absolute Gasteiger partial charge is 0.395 e. The number of hydrogen-bond acceptors (Lipinski definition) is 3. The third-order valence-corrected chi connectivity index (χ3v) is 3.34. The maximum Gasteiger partial charge on any atom is 0.165 e. The Morgan fingerprint density at radius 2 is 2.05 bits per heavy atom. The van der Waals surface area contributed by atoms with E-state index < -0.39 is 0 Å². The first kappa shape index (κ1) is 16.8. The van der Waals surface area contributed by atoms with Gasteiger partial charge in [0, 0.05) is 24.2 Å². The Balaban J connectivity index is 3.02. The van der Waals surface area contributed by atoms with Crippen LogP contribution in [-0.4, -0.2) is 31.9 Å². The zero-order chi connectivity index (χ0) is 15.0. The van der Waals surface area contributed by atoms with Gasteiger partial charge < -0.3 is 10.4 Å². The summed E-state index contributed by atoms with van der Waals surface area (Å²) in [5.41, 5.74) is 3.11. The average Bonchev–Trinajstić information content (AvgIpc) is 2.44. The number of rotatable bonds is 9. The lowest BCUT2D eigenvalue weighted by Gasteiger charge is -2.16. The minimum Gasteiger partial charge on any atom is -0.395 e. The highest BCUT2D eigenvalue weighted by Crippen LogP contribution is 2.22. The standard InChI is InChI=1S/C16H24BNO2/c1-3-5-6-7-15(20)16-12(4-2)10-13(17)11-14(16)18-8-9-19/h10-11,18-19H,3-9H2,1-2H3. The van der Waals surface area contributed by atoms with Crippen molar-refractivity contribution in [3.63, 3.8) is 0 Å². The van der Waals surface area contributed by atoms with Crippen molar-refractivity contribution in [3.05, 3.63) is 23.3 Å². The normalized spacial score (nSPS) is 10.6. The number of nitrogens with one attached hydrogen (secondary N) is 1. The molecule has 2 N–H and O–H groups in total. The van der Waals surface area contributed by atoms with E-state index >= 15 is 0 Å². The van der Waals surface area contributed by atoms with E-state index in [1.807, 2.05) is 13.0 Å². The quantitative estimate of drug-likeness (QED) is 0.412. The topological polar surface area (TPSA) is 49.3 Å². The fraction of sp³-hybridized carbons (Fsp3) is 0.562. The molecule has 1 aromatic carbocycles. The molecule has 0 spiro atoms. The molecule has 0 heterocycles. The molecule has 0 aromatic heterocycles. The van der Waals surface area contributed by atoms with Crippen LogP contribution in [0.2, 0.25) is 0 Å². The summed E-state index contributed by atoms with van der Waals surface area (Å²) in [6.45, 7) is 4.59. The minimum atomic E-state index is 0.0275. The van der Waals surface area contributed by atoms with Crippen LogP contribution >= 0.6 is 0 Å². The predicted molar refractivity (Wildman–Crippen MR) is 85.3 cm³/mol. The number of ketones is 1. The van der Waals surface area contributed by atoms with E-state index in [1.54, 1.807) is 6.07 Å². The van der Waals surface area contributed by atoms with E-state index in [2.05, 4.69) is 12.2 Å². The molecule has 3 nitrogen and oxygen atoms in total. The van der Waals surface area contributed by atoms with Crippen LogP contribution in [0.15, 0.2) is 12.1 Å². The molecular weight excluding hydrogens is 249 g/mol. The molecule has 0 bridgehead atoms. The van der Waals surface area contributed by atoms with Crippen molar-refractivity contribution in [1.82, 2.24) is 0 Å². The third kappa shape index (κ3) is 4.67. The fourth-order valence-electron chi connectivity index (χ4n) is 2.33. The number of carbonyl (C=O) groups excluding carboxylic acids is 1. The van der Waals surface area contributed by atoms with Gasteiger partial charge in [-0.3, -0.25) is 4.79 Å². The molecule has 0 atom stereocenters. The maximum atomic E-state index is 12.5. The molecule has 0 aliphatic carbocycles. The third-order valence-electron chi connectivity index (χ3n) is 3.34. The van der Waals surface area contributed by atoms with Crippen molar-refractivity contribution in [3.8, 4) is 0 Å². The lowest BCUT2D eigenvalue weighted by atomic mass is 9.87. The zero-order valence-corrected chi connectivity index (χ0v) is 12.5. The number of aliphatic hydroxyl groups is 1. The van der Waals surface area contributed by atoms with E-state index in [0.717, 1.165) is 42.5 Å². The van der Waals surface area contributed by atoms with E-state index in [1.165, 1.54) is 0 Å². The molecule has 0 saturated carbocycles. The summed E-state index contributed by atoms with van der Waals surface area (Å²) in [5.74, 6) is 0.163. The van der Waals surface area contributed by atoms with Crippen molar-refractivity contribution in [2.45, 2.75) is 46.0 Å². The second-order valence-corrected chi connectivity index (χ2v) is 4.99. The first-order valence-corrected chi connectivity index (χ1v) is 7.44. The van der Waals surface area contributed by atoms with Crippen molar-refractivity contribution in [2.75, 3.05) is 18.5 Å². The Bertz CT molecular complexity index is 446. The van der Waals surface area contributed by atoms with Gasteiger partial charge in [-0.15, -0.1) is 0 Å². The van der Waals surface area contributed by atoms with Gasteiger partial charge in [-0.2, -0.15) is 0 Å². The molecule has 0 unspecified atom stereocenters. The van der Waals surface area contributed by atoms with Gasteiger partial charge in [0.1, 0.15) is 7.85 Å². The zero-order valence-electron chi connectivity index (χ0n) is 12.5. The number of benzene rings is 1. The second kappa shape index (κ2) is 8.80. The molecule has 0 saturated heterocycles. The maximum absolute atomic E-state index is 12.5. The number of anilines is 1. The van der Waals surface area contributed by atoms with Gasteiger partial charge in [0.25, 0.3) is 0 Å². The van der Waals surface area contributed by atoms with Crippen molar-refractivity contribution in [2.24, 2.45) is 0 Å². The summed E-state index contributed by atoms with van der Waals surface area (Å²) < 4.78 is 0. The van der Waals surface area contributed by atoms with Gasteiger partial charge >= 0.3 is 0 Å². The smallest absolute Gasteiger partial charge is 0.165 e. The number of Topliss-reactive ketones (excluding diaryl/α,β-unsaturated/α-hetero) is 1. The Labute approximate surface area is 123 Å². The highest BCUT2D eigenvalue weighted by atomic mass is 16.3. The Morgan fingerprint density at radius 1 is 1.30 bits per heavy atom. The number of aliphatic hydroxyl groups excluding tert-OH is 1. The predicted octanol–water partition coefficient (Wildman–Crippen LogP) is 2.21. The molecule has 1 rings (SSSR count).